The predicted molar refractivity (Wildman–Crippen MR) is 67.9 cm³/mol. The fourth-order valence-corrected chi connectivity index (χ4v) is 4.14. The van der Waals surface area contributed by atoms with Crippen LogP contribution in [0.15, 0.2) is 11.8 Å². The molecule has 4 unspecified atom stereocenters. The molecule has 3 aliphatic rings. The van der Waals surface area contributed by atoms with E-state index in [1.165, 1.54) is 37.7 Å². The van der Waals surface area contributed by atoms with E-state index in [1.54, 1.807) is 0 Å². The molecular formula is C14H24N2O. The van der Waals surface area contributed by atoms with Crippen molar-refractivity contribution in [2.45, 2.75) is 51.0 Å². The highest BCUT2D eigenvalue weighted by Gasteiger charge is 2.40. The summed E-state index contributed by atoms with van der Waals surface area (Å²) in [6.07, 6.45) is 11.3. The molecule has 96 valence electrons. The van der Waals surface area contributed by atoms with Gasteiger partial charge in [0.05, 0.1) is 12.9 Å². The van der Waals surface area contributed by atoms with Crippen LogP contribution in [0.5, 0.6) is 0 Å². The average Bonchev–Trinajstić information content (AvgIpc) is 2.99. The summed E-state index contributed by atoms with van der Waals surface area (Å²) in [4.78, 5) is 0. The molecule has 0 spiro atoms. The van der Waals surface area contributed by atoms with E-state index in [1.807, 2.05) is 6.26 Å². The van der Waals surface area contributed by atoms with E-state index in [4.69, 9.17) is 10.6 Å². The van der Waals surface area contributed by atoms with E-state index in [0.717, 1.165) is 37.2 Å². The lowest BCUT2D eigenvalue weighted by Crippen LogP contribution is -2.39. The van der Waals surface area contributed by atoms with E-state index in [9.17, 15) is 0 Å². The summed E-state index contributed by atoms with van der Waals surface area (Å²) in [7, 11) is 0. The Bertz CT molecular complexity index is 303. The molecule has 1 aliphatic heterocycles. The molecule has 4 atom stereocenters. The molecule has 0 amide bonds. The Morgan fingerprint density at radius 1 is 1.41 bits per heavy atom. The minimum Gasteiger partial charge on any atom is -0.501 e. The maximum absolute atomic E-state index is 5.73. The third-order valence-electron chi connectivity index (χ3n) is 5.03. The molecule has 0 aromatic heterocycles. The van der Waals surface area contributed by atoms with Crippen LogP contribution in [0.25, 0.3) is 0 Å². The lowest BCUT2D eigenvalue weighted by Gasteiger charge is -2.29. The van der Waals surface area contributed by atoms with Gasteiger partial charge in [0.2, 0.25) is 0 Å². The zero-order chi connectivity index (χ0) is 11.7. The Hall–Kier alpha value is -0.540. The van der Waals surface area contributed by atoms with Crippen molar-refractivity contribution in [1.29, 1.82) is 0 Å². The van der Waals surface area contributed by atoms with E-state index >= 15 is 0 Å². The molecule has 3 heteroatoms. The van der Waals surface area contributed by atoms with Crippen LogP contribution < -0.4 is 11.3 Å². The van der Waals surface area contributed by atoms with Crippen LogP contribution >= 0.6 is 0 Å². The van der Waals surface area contributed by atoms with Crippen molar-refractivity contribution >= 4 is 0 Å². The predicted octanol–water partition coefficient (Wildman–Crippen LogP) is 2.34. The highest BCUT2D eigenvalue weighted by Crippen LogP contribution is 2.50. The molecule has 2 bridgehead atoms. The molecule has 2 aliphatic carbocycles. The van der Waals surface area contributed by atoms with Crippen molar-refractivity contribution in [3.63, 3.8) is 0 Å². The Balaban J connectivity index is 1.60. The van der Waals surface area contributed by atoms with Gasteiger partial charge < -0.3 is 4.74 Å². The zero-order valence-corrected chi connectivity index (χ0v) is 10.5. The molecule has 3 rings (SSSR count). The zero-order valence-electron chi connectivity index (χ0n) is 10.5. The molecular weight excluding hydrogens is 212 g/mol. The second kappa shape index (κ2) is 4.99. The first-order valence-electron chi connectivity index (χ1n) is 7.13. The number of hydrogen-bond acceptors (Lipinski definition) is 3. The van der Waals surface area contributed by atoms with Gasteiger partial charge in [0, 0.05) is 6.04 Å². The topological polar surface area (TPSA) is 47.3 Å². The molecule has 2 fully saturated rings. The summed E-state index contributed by atoms with van der Waals surface area (Å²) >= 11 is 0. The average molecular weight is 236 g/mol. The van der Waals surface area contributed by atoms with Crippen LogP contribution in [0.2, 0.25) is 0 Å². The summed E-state index contributed by atoms with van der Waals surface area (Å²) in [6, 6.07) is 0.347. The SMILES string of the molecule is NNC(CC1CC2CCC1C2)C1=COCCC1. The van der Waals surface area contributed by atoms with Crippen LogP contribution in [-0.4, -0.2) is 12.6 Å². The first kappa shape index (κ1) is 11.5. The Labute approximate surface area is 104 Å². The Kier molecular flexibility index (Phi) is 3.39. The second-order valence-electron chi connectivity index (χ2n) is 6.06. The van der Waals surface area contributed by atoms with Crippen molar-refractivity contribution < 1.29 is 4.74 Å². The monoisotopic (exact) mass is 236 g/mol. The minimum absolute atomic E-state index is 0.347. The number of fused-ring (bicyclic) bond motifs is 2. The van der Waals surface area contributed by atoms with Crippen molar-refractivity contribution in [1.82, 2.24) is 5.43 Å². The Morgan fingerprint density at radius 3 is 2.94 bits per heavy atom. The molecule has 3 nitrogen and oxygen atoms in total. The molecule has 1 heterocycles. The quantitative estimate of drug-likeness (QED) is 0.582. The van der Waals surface area contributed by atoms with Crippen molar-refractivity contribution in [3.8, 4) is 0 Å². The van der Waals surface area contributed by atoms with Gasteiger partial charge in [0.25, 0.3) is 0 Å². The minimum atomic E-state index is 0.347. The van der Waals surface area contributed by atoms with Gasteiger partial charge in [-0.2, -0.15) is 0 Å². The fraction of sp³-hybridized carbons (Fsp3) is 0.857. The second-order valence-corrected chi connectivity index (χ2v) is 6.06. The highest BCUT2D eigenvalue weighted by molar-refractivity contribution is 5.10. The molecule has 0 radical (unpaired) electrons. The van der Waals surface area contributed by atoms with Crippen molar-refractivity contribution in [2.75, 3.05) is 6.61 Å². The largest absolute Gasteiger partial charge is 0.501 e. The fourth-order valence-electron chi connectivity index (χ4n) is 4.14. The van der Waals surface area contributed by atoms with Gasteiger partial charge in [0.1, 0.15) is 0 Å². The van der Waals surface area contributed by atoms with Crippen molar-refractivity contribution in [2.24, 2.45) is 23.6 Å². The molecule has 17 heavy (non-hydrogen) atoms. The molecule has 3 N–H and O–H groups in total. The summed E-state index contributed by atoms with van der Waals surface area (Å²) < 4.78 is 5.43. The van der Waals surface area contributed by atoms with E-state index in [-0.39, 0.29) is 0 Å². The van der Waals surface area contributed by atoms with Gasteiger partial charge in [0.15, 0.2) is 0 Å². The van der Waals surface area contributed by atoms with Gasteiger partial charge in [-0.05, 0) is 61.9 Å². The number of nitrogens with two attached hydrogens (primary N) is 1. The molecule has 0 saturated heterocycles. The lowest BCUT2D eigenvalue weighted by atomic mass is 9.82. The van der Waals surface area contributed by atoms with Crippen molar-refractivity contribution in [3.05, 3.63) is 11.8 Å². The lowest BCUT2D eigenvalue weighted by molar-refractivity contribution is 0.213. The summed E-state index contributed by atoms with van der Waals surface area (Å²) in [5.41, 5.74) is 4.39. The number of nitrogens with one attached hydrogen (secondary N) is 1. The Morgan fingerprint density at radius 2 is 2.35 bits per heavy atom. The van der Waals surface area contributed by atoms with Crippen LogP contribution in [0, 0.1) is 17.8 Å². The normalized spacial score (nSPS) is 37.7. The summed E-state index contributed by atoms with van der Waals surface area (Å²) in [5, 5.41) is 0. The number of hydrogen-bond donors (Lipinski definition) is 2. The van der Waals surface area contributed by atoms with Gasteiger partial charge in [-0.3, -0.25) is 11.3 Å². The number of rotatable bonds is 4. The first-order chi connectivity index (χ1) is 8.36. The van der Waals surface area contributed by atoms with Gasteiger partial charge in [-0.1, -0.05) is 6.42 Å². The maximum Gasteiger partial charge on any atom is 0.0876 e. The van der Waals surface area contributed by atoms with E-state index < -0.39 is 0 Å². The van der Waals surface area contributed by atoms with E-state index in [2.05, 4.69) is 5.43 Å². The summed E-state index contributed by atoms with van der Waals surface area (Å²) in [5.74, 6) is 8.65. The molecule has 0 aromatic carbocycles. The van der Waals surface area contributed by atoms with Gasteiger partial charge >= 0.3 is 0 Å². The van der Waals surface area contributed by atoms with Crippen LogP contribution in [0.1, 0.15) is 44.9 Å². The molecule has 2 saturated carbocycles. The van der Waals surface area contributed by atoms with Crippen LogP contribution in [0.3, 0.4) is 0 Å². The maximum atomic E-state index is 5.73. The summed E-state index contributed by atoms with van der Waals surface area (Å²) in [6.45, 7) is 0.870. The third kappa shape index (κ3) is 2.36. The first-order valence-corrected chi connectivity index (χ1v) is 7.13. The third-order valence-corrected chi connectivity index (χ3v) is 5.03. The number of ether oxygens (including phenoxy) is 1. The molecule has 0 aromatic rings. The smallest absolute Gasteiger partial charge is 0.0876 e. The van der Waals surface area contributed by atoms with Gasteiger partial charge in [-0.25, -0.2) is 0 Å². The van der Waals surface area contributed by atoms with Crippen LogP contribution in [0.4, 0.5) is 0 Å². The van der Waals surface area contributed by atoms with Crippen LogP contribution in [-0.2, 0) is 4.74 Å². The number of hydrazine groups is 1. The van der Waals surface area contributed by atoms with E-state index in [0.29, 0.717) is 6.04 Å². The standard InChI is InChI=1S/C14H24N2O/c15-16-14(12-2-1-5-17-9-12)8-13-7-10-3-4-11(13)6-10/h9-11,13-14,16H,1-8,15H2. The van der Waals surface area contributed by atoms with Gasteiger partial charge in [-0.15, -0.1) is 0 Å². The highest BCUT2D eigenvalue weighted by atomic mass is 16.5.